The fraction of sp³-hybridized carbons (Fsp3) is 1.00. The fourth-order valence-corrected chi connectivity index (χ4v) is 0.692. The Morgan fingerprint density at radius 3 is 2.56 bits per heavy atom. The van der Waals surface area contributed by atoms with Gasteiger partial charge < -0.3 is 14.5 Å². The molecule has 0 saturated heterocycles. The Kier molecular flexibility index (Phi) is 6.31. The van der Waals surface area contributed by atoms with Crippen molar-refractivity contribution in [2.24, 2.45) is 0 Å². The van der Waals surface area contributed by atoms with Crippen molar-refractivity contribution in [1.29, 1.82) is 0 Å². The molecule has 9 heavy (non-hydrogen) atoms. The monoisotopic (exact) mass is 154 g/mol. The maximum Gasteiger partial charge on any atom is 0.316 e. The van der Waals surface area contributed by atoms with Crippen LogP contribution in [0.1, 0.15) is 12.8 Å². The van der Waals surface area contributed by atoms with Crippen LogP contribution in [0.25, 0.3) is 0 Å². The van der Waals surface area contributed by atoms with Gasteiger partial charge in [-0.15, -0.1) is 0 Å². The molecule has 56 valence electrons. The number of rotatable bonds is 5. The maximum absolute atomic E-state index is 9.86. The molecule has 0 bridgehead atoms. The van der Waals surface area contributed by atoms with Crippen molar-refractivity contribution < 1.29 is 19.1 Å². The summed E-state index contributed by atoms with van der Waals surface area (Å²) in [5.41, 5.74) is 0. The third kappa shape index (κ3) is 8.11. The Balaban J connectivity index is 2.83. The molecule has 0 aliphatic heterocycles. The second-order valence-electron chi connectivity index (χ2n) is 1.55. The first kappa shape index (κ1) is 9.11. The summed E-state index contributed by atoms with van der Waals surface area (Å²) in [5.74, 6) is 0. The molecule has 0 spiro atoms. The van der Waals surface area contributed by atoms with E-state index in [2.05, 4.69) is 4.52 Å². The molecule has 0 rings (SSSR count). The number of aliphatic hydroxyl groups excluding tert-OH is 1. The topological polar surface area (TPSA) is 66.8 Å². The second kappa shape index (κ2) is 6.23. The standard InChI is InChI=1S/C4H11O4P/c5-3-1-2-4-8-9(6)7/h5,9H,1-4H2,(H,6,7). The molecule has 2 N–H and O–H groups in total. The highest BCUT2D eigenvalue weighted by atomic mass is 31.1. The largest absolute Gasteiger partial charge is 0.396 e. The molecule has 0 aromatic heterocycles. The molecule has 1 unspecified atom stereocenters. The van der Waals surface area contributed by atoms with Gasteiger partial charge in [0.25, 0.3) is 0 Å². The minimum atomic E-state index is -2.75. The van der Waals surface area contributed by atoms with E-state index in [1.165, 1.54) is 0 Å². The van der Waals surface area contributed by atoms with Gasteiger partial charge >= 0.3 is 8.25 Å². The molecule has 0 aromatic carbocycles. The Bertz CT molecular complexity index is 84.6. The van der Waals surface area contributed by atoms with Gasteiger partial charge in [0.15, 0.2) is 0 Å². The minimum absolute atomic E-state index is 0.107. The van der Waals surface area contributed by atoms with Gasteiger partial charge in [-0.2, -0.15) is 0 Å². The third-order valence-electron chi connectivity index (χ3n) is 0.778. The second-order valence-corrected chi connectivity index (χ2v) is 2.37. The van der Waals surface area contributed by atoms with E-state index in [1.807, 2.05) is 0 Å². The van der Waals surface area contributed by atoms with Crippen LogP contribution in [-0.2, 0) is 9.09 Å². The summed E-state index contributed by atoms with van der Waals surface area (Å²) in [6.45, 7) is 0.366. The molecule has 5 heteroatoms. The van der Waals surface area contributed by atoms with Crippen molar-refractivity contribution in [2.45, 2.75) is 12.8 Å². The molecule has 4 nitrogen and oxygen atoms in total. The quantitative estimate of drug-likeness (QED) is 0.437. The van der Waals surface area contributed by atoms with Crippen molar-refractivity contribution in [2.75, 3.05) is 13.2 Å². The first-order valence-corrected chi connectivity index (χ1v) is 4.00. The molecule has 0 heterocycles. The van der Waals surface area contributed by atoms with E-state index in [1.54, 1.807) is 0 Å². The molecule has 0 aliphatic carbocycles. The molecule has 0 aliphatic rings. The van der Waals surface area contributed by atoms with Gasteiger partial charge in [-0.1, -0.05) is 0 Å². The molecule has 0 saturated carbocycles. The van der Waals surface area contributed by atoms with Crippen molar-refractivity contribution in [3.63, 3.8) is 0 Å². The van der Waals surface area contributed by atoms with Gasteiger partial charge in [0.05, 0.1) is 6.61 Å². The van der Waals surface area contributed by atoms with E-state index in [9.17, 15) is 4.57 Å². The van der Waals surface area contributed by atoms with E-state index < -0.39 is 8.25 Å². The Hall–Kier alpha value is 0.110. The normalized spacial score (nSPS) is 13.6. The van der Waals surface area contributed by atoms with Crippen molar-refractivity contribution >= 4 is 8.25 Å². The zero-order valence-corrected chi connectivity index (χ0v) is 6.04. The van der Waals surface area contributed by atoms with Crippen LogP contribution in [0, 0.1) is 0 Å². The van der Waals surface area contributed by atoms with Crippen LogP contribution >= 0.6 is 8.25 Å². The van der Waals surface area contributed by atoms with E-state index in [4.69, 9.17) is 10.00 Å². The summed E-state index contributed by atoms with van der Waals surface area (Å²) in [7, 11) is -2.75. The molecule has 0 fully saturated rings. The van der Waals surface area contributed by atoms with Crippen LogP contribution < -0.4 is 0 Å². The predicted octanol–water partition coefficient (Wildman–Crippen LogP) is 0.157. The lowest BCUT2D eigenvalue weighted by molar-refractivity contribution is 0.242. The minimum Gasteiger partial charge on any atom is -0.396 e. The van der Waals surface area contributed by atoms with Gasteiger partial charge in [-0.25, -0.2) is 0 Å². The highest BCUT2D eigenvalue weighted by molar-refractivity contribution is 7.32. The number of hydrogen-bond acceptors (Lipinski definition) is 3. The Morgan fingerprint density at radius 1 is 1.44 bits per heavy atom. The molecular formula is C4H11O4P. The first-order valence-electron chi connectivity index (χ1n) is 2.74. The maximum atomic E-state index is 9.86. The van der Waals surface area contributed by atoms with Crippen LogP contribution in [0.15, 0.2) is 0 Å². The molecule has 0 aromatic rings. The lowest BCUT2D eigenvalue weighted by Gasteiger charge is -1.96. The SMILES string of the molecule is O=[PH](O)OCCCCO. The van der Waals surface area contributed by atoms with E-state index in [0.717, 1.165) is 0 Å². The lowest BCUT2D eigenvalue weighted by atomic mass is 10.3. The predicted molar refractivity (Wildman–Crippen MR) is 33.5 cm³/mol. The summed E-state index contributed by atoms with van der Waals surface area (Å²) < 4.78 is 14.2. The lowest BCUT2D eigenvalue weighted by Crippen LogP contribution is -1.89. The summed E-state index contributed by atoms with van der Waals surface area (Å²) >= 11 is 0. The van der Waals surface area contributed by atoms with E-state index in [-0.39, 0.29) is 13.2 Å². The molecule has 0 amide bonds. The number of hydrogen-bond donors (Lipinski definition) is 2. The van der Waals surface area contributed by atoms with Gasteiger partial charge in [0.2, 0.25) is 0 Å². The van der Waals surface area contributed by atoms with Crippen molar-refractivity contribution in [1.82, 2.24) is 0 Å². The first-order chi connectivity index (χ1) is 4.27. The van der Waals surface area contributed by atoms with E-state index >= 15 is 0 Å². The Morgan fingerprint density at radius 2 is 2.11 bits per heavy atom. The smallest absolute Gasteiger partial charge is 0.316 e. The fourth-order valence-electron chi connectivity index (χ4n) is 0.373. The highest BCUT2D eigenvalue weighted by Crippen LogP contribution is 2.14. The van der Waals surface area contributed by atoms with Crippen LogP contribution in [-0.4, -0.2) is 23.2 Å². The van der Waals surface area contributed by atoms with Crippen LogP contribution in [0.2, 0.25) is 0 Å². The number of aliphatic hydroxyl groups is 1. The van der Waals surface area contributed by atoms with Gasteiger partial charge in [0, 0.05) is 6.61 Å². The molecular weight excluding hydrogens is 143 g/mol. The summed E-state index contributed by atoms with van der Waals surface area (Å²) in [4.78, 5) is 8.11. The number of unbranched alkanes of at least 4 members (excludes halogenated alkanes) is 1. The van der Waals surface area contributed by atoms with Gasteiger partial charge in [-0.05, 0) is 12.8 Å². The zero-order valence-electron chi connectivity index (χ0n) is 5.04. The average Bonchev–Trinajstić information content (AvgIpc) is 1.80. The van der Waals surface area contributed by atoms with E-state index in [0.29, 0.717) is 12.8 Å². The van der Waals surface area contributed by atoms with Crippen LogP contribution in [0.4, 0.5) is 0 Å². The summed E-state index contributed by atoms with van der Waals surface area (Å²) in [5, 5.41) is 8.24. The highest BCUT2D eigenvalue weighted by Gasteiger charge is 1.90. The molecule has 1 atom stereocenters. The Labute approximate surface area is 54.4 Å². The molecule has 0 radical (unpaired) electrons. The zero-order chi connectivity index (χ0) is 7.11. The van der Waals surface area contributed by atoms with Crippen molar-refractivity contribution in [3.8, 4) is 0 Å². The van der Waals surface area contributed by atoms with Crippen LogP contribution in [0.5, 0.6) is 0 Å². The van der Waals surface area contributed by atoms with Crippen molar-refractivity contribution in [3.05, 3.63) is 0 Å². The van der Waals surface area contributed by atoms with Gasteiger partial charge in [-0.3, -0.25) is 4.57 Å². The van der Waals surface area contributed by atoms with Gasteiger partial charge in [0.1, 0.15) is 0 Å². The van der Waals surface area contributed by atoms with Crippen LogP contribution in [0.3, 0.4) is 0 Å². The summed E-state index contributed by atoms with van der Waals surface area (Å²) in [6.07, 6.45) is 1.25. The average molecular weight is 154 g/mol. The third-order valence-corrected chi connectivity index (χ3v) is 1.23. The summed E-state index contributed by atoms with van der Waals surface area (Å²) in [6, 6.07) is 0.